The molecular weight excluding hydrogens is 565 g/mol. The minimum Gasteiger partial charge on any atom is -0.358 e. The first-order valence-corrected chi connectivity index (χ1v) is 12.4. The fourth-order valence-corrected chi connectivity index (χ4v) is 4.80. The van der Waals surface area contributed by atoms with Crippen LogP contribution in [-0.4, -0.2) is 35.6 Å². The average molecular weight is 587 g/mol. The number of nitrogens with zero attached hydrogens (tertiary/aromatic N) is 2. The van der Waals surface area contributed by atoms with Crippen molar-refractivity contribution in [3.05, 3.63) is 68.1 Å². The van der Waals surface area contributed by atoms with Crippen LogP contribution in [0.3, 0.4) is 0 Å². The summed E-state index contributed by atoms with van der Waals surface area (Å²) in [6.07, 6.45) is 3.86. The molecule has 3 aromatic rings. The summed E-state index contributed by atoms with van der Waals surface area (Å²) in [4.78, 5) is 8.90. The van der Waals surface area contributed by atoms with Gasteiger partial charge in [-0.25, -0.2) is 18.7 Å². The number of hydrogen-bond donors (Lipinski definition) is 0. The smallest absolute Gasteiger partial charge is 0.223 e. The molecule has 0 spiro atoms. The quantitative estimate of drug-likeness (QED) is 0.246. The zero-order chi connectivity index (χ0) is 23.0. The Morgan fingerprint density at radius 2 is 1.85 bits per heavy atom. The third-order valence-electron chi connectivity index (χ3n) is 5.84. The predicted octanol–water partition coefficient (Wildman–Crippen LogP) is 6.13. The van der Waals surface area contributed by atoms with E-state index in [2.05, 4.69) is 32.6 Å². The van der Waals surface area contributed by atoms with Gasteiger partial charge in [0, 0.05) is 21.6 Å². The van der Waals surface area contributed by atoms with E-state index in [4.69, 9.17) is 25.8 Å². The highest BCUT2D eigenvalue weighted by molar-refractivity contribution is 14.1. The molecule has 1 saturated heterocycles. The molecule has 1 aliphatic carbocycles. The number of ether oxygens (including phenoxy) is 3. The van der Waals surface area contributed by atoms with Crippen molar-refractivity contribution >= 4 is 45.1 Å². The van der Waals surface area contributed by atoms with Crippen molar-refractivity contribution in [3.8, 4) is 0 Å². The molecule has 2 heterocycles. The largest absolute Gasteiger partial charge is 0.358 e. The van der Waals surface area contributed by atoms with Gasteiger partial charge in [0.05, 0.1) is 23.9 Å². The molecule has 5 nitrogen and oxygen atoms in total. The Hall–Kier alpha value is -1.46. The zero-order valence-corrected chi connectivity index (χ0v) is 20.6. The molecule has 2 atom stereocenters. The molecule has 2 aromatic carbocycles. The van der Waals surface area contributed by atoms with Gasteiger partial charge >= 0.3 is 0 Å². The second-order valence-corrected chi connectivity index (χ2v) is 10.00. The number of rotatable bonds is 7. The lowest BCUT2D eigenvalue weighted by atomic mass is 9.87. The van der Waals surface area contributed by atoms with Gasteiger partial charge in [-0.2, -0.15) is 0 Å². The van der Waals surface area contributed by atoms with Crippen LogP contribution in [0.15, 0.2) is 36.4 Å². The number of hydrogen-bond acceptors (Lipinski definition) is 5. The lowest BCUT2D eigenvalue weighted by Gasteiger charge is -2.36. The lowest BCUT2D eigenvalue weighted by Crippen LogP contribution is -2.41. The summed E-state index contributed by atoms with van der Waals surface area (Å²) in [5.41, 5.74) is -0.0958. The number of halogens is 4. The van der Waals surface area contributed by atoms with Crippen molar-refractivity contribution in [2.75, 3.05) is 13.2 Å². The van der Waals surface area contributed by atoms with Crippen LogP contribution < -0.4 is 0 Å². The van der Waals surface area contributed by atoms with Gasteiger partial charge in [0.2, 0.25) is 5.28 Å². The minimum atomic E-state index is -1.40. The third-order valence-corrected chi connectivity index (χ3v) is 6.68. The van der Waals surface area contributed by atoms with Gasteiger partial charge in [0.1, 0.15) is 11.6 Å². The van der Waals surface area contributed by atoms with E-state index in [1.807, 2.05) is 18.2 Å². The van der Waals surface area contributed by atoms with E-state index >= 15 is 0 Å². The van der Waals surface area contributed by atoms with Crippen LogP contribution in [0.1, 0.15) is 43.4 Å². The van der Waals surface area contributed by atoms with Gasteiger partial charge in [-0.15, -0.1) is 0 Å². The molecule has 9 heteroatoms. The van der Waals surface area contributed by atoms with E-state index in [9.17, 15) is 8.78 Å². The van der Waals surface area contributed by atoms with Crippen LogP contribution in [0.2, 0.25) is 5.28 Å². The first-order chi connectivity index (χ1) is 15.9. The van der Waals surface area contributed by atoms with Crippen molar-refractivity contribution in [1.82, 2.24) is 9.97 Å². The molecule has 0 radical (unpaired) electrons. The van der Waals surface area contributed by atoms with Crippen molar-refractivity contribution < 1.29 is 23.0 Å². The first-order valence-electron chi connectivity index (χ1n) is 10.9. The molecule has 2 unspecified atom stereocenters. The summed E-state index contributed by atoms with van der Waals surface area (Å²) in [6.45, 7) is 0.571. The van der Waals surface area contributed by atoms with Gasteiger partial charge in [0.25, 0.3) is 0 Å². The normalized spacial score (nSPS) is 20.7. The average Bonchev–Trinajstić information content (AvgIpc) is 3.60. The van der Waals surface area contributed by atoms with E-state index in [0.717, 1.165) is 41.7 Å². The Kier molecular flexibility index (Phi) is 6.81. The van der Waals surface area contributed by atoms with Gasteiger partial charge in [-0.05, 0) is 102 Å². The molecule has 33 heavy (non-hydrogen) atoms. The van der Waals surface area contributed by atoms with Crippen LogP contribution >= 0.6 is 34.2 Å². The Morgan fingerprint density at radius 1 is 1.06 bits per heavy atom. The van der Waals surface area contributed by atoms with Crippen molar-refractivity contribution in [2.24, 2.45) is 0 Å². The zero-order valence-electron chi connectivity index (χ0n) is 17.7. The summed E-state index contributed by atoms with van der Waals surface area (Å²) in [5, 5.41) is 0.707. The van der Waals surface area contributed by atoms with Gasteiger partial charge in [-0.1, -0.05) is 0 Å². The maximum atomic E-state index is 14.5. The Labute approximate surface area is 208 Å². The summed E-state index contributed by atoms with van der Waals surface area (Å²) in [7, 11) is 0. The second kappa shape index (κ2) is 9.65. The fraction of sp³-hybridized carbons (Fsp3) is 0.417. The van der Waals surface area contributed by atoms with E-state index in [1.165, 1.54) is 12.1 Å². The minimum absolute atomic E-state index is 0.0215. The topological polar surface area (TPSA) is 53.5 Å². The lowest BCUT2D eigenvalue weighted by molar-refractivity contribution is -0.197. The Balaban J connectivity index is 1.71. The highest BCUT2D eigenvalue weighted by atomic mass is 127. The van der Waals surface area contributed by atoms with Crippen LogP contribution in [0, 0.1) is 15.2 Å². The monoisotopic (exact) mass is 586 g/mol. The molecule has 0 bridgehead atoms. The second-order valence-electron chi connectivity index (χ2n) is 8.41. The van der Waals surface area contributed by atoms with Crippen LogP contribution in [-0.2, 0) is 19.8 Å². The maximum Gasteiger partial charge on any atom is 0.223 e. The van der Waals surface area contributed by atoms with Crippen molar-refractivity contribution in [3.63, 3.8) is 0 Å². The molecule has 1 aliphatic heterocycles. The first kappa shape index (κ1) is 23.3. The highest BCUT2D eigenvalue weighted by Gasteiger charge is 2.45. The predicted molar refractivity (Wildman–Crippen MR) is 128 cm³/mol. The summed E-state index contributed by atoms with van der Waals surface area (Å²) in [5.74, 6) is -1.41. The van der Waals surface area contributed by atoms with Crippen LogP contribution in [0.4, 0.5) is 8.78 Å². The maximum absolute atomic E-state index is 14.5. The SMILES string of the molecule is Fc1cc(F)cc(C(COC2CCCCO2)(OC2CC2)c2nc(Cl)nc3ccc(I)cc23)c1. The molecular formula is C24H22ClF2IN2O3. The van der Waals surface area contributed by atoms with E-state index in [0.29, 0.717) is 23.2 Å². The molecule has 2 aliphatic rings. The summed E-state index contributed by atoms with van der Waals surface area (Å²) < 4.78 is 48.4. The molecule has 1 aromatic heterocycles. The van der Waals surface area contributed by atoms with Gasteiger partial charge < -0.3 is 14.2 Å². The standard InChI is InChI=1S/C24H22ClF2IN2O3/c25-23-29-20-7-4-17(28)12-19(20)22(30-23)24(33-18-5-6-18,13-32-21-3-1-2-8-31-21)14-9-15(26)11-16(27)10-14/h4,7,9-12,18,21H,1-3,5-6,8,13H2. The third kappa shape index (κ3) is 5.14. The Morgan fingerprint density at radius 3 is 2.55 bits per heavy atom. The molecule has 0 N–H and O–H groups in total. The van der Waals surface area contributed by atoms with E-state index in [-0.39, 0.29) is 23.6 Å². The van der Waals surface area contributed by atoms with Crippen molar-refractivity contribution in [1.29, 1.82) is 0 Å². The summed E-state index contributed by atoms with van der Waals surface area (Å²) >= 11 is 8.53. The van der Waals surface area contributed by atoms with Crippen molar-refractivity contribution in [2.45, 2.75) is 50.1 Å². The summed E-state index contributed by atoms with van der Waals surface area (Å²) in [6, 6.07) is 9.05. The van der Waals surface area contributed by atoms with Crippen LogP contribution in [0.5, 0.6) is 0 Å². The van der Waals surface area contributed by atoms with Crippen LogP contribution in [0.25, 0.3) is 10.9 Å². The Bertz CT molecular complexity index is 1150. The molecule has 2 fully saturated rings. The number of aromatic nitrogens is 2. The number of benzene rings is 2. The van der Waals surface area contributed by atoms with Gasteiger partial charge in [-0.3, -0.25) is 0 Å². The highest BCUT2D eigenvalue weighted by Crippen LogP contribution is 2.43. The van der Waals surface area contributed by atoms with Gasteiger partial charge in [0.15, 0.2) is 11.9 Å². The van der Waals surface area contributed by atoms with E-state index in [1.54, 1.807) is 0 Å². The molecule has 5 rings (SSSR count). The molecule has 0 amide bonds. The molecule has 1 saturated carbocycles. The number of fused-ring (bicyclic) bond motifs is 1. The fourth-order valence-electron chi connectivity index (χ4n) is 4.14. The van der Waals surface area contributed by atoms with E-state index < -0.39 is 23.5 Å². The molecule has 174 valence electrons.